The first-order chi connectivity index (χ1) is 7.60. The summed E-state index contributed by atoms with van der Waals surface area (Å²) in [7, 11) is 0. The Kier molecular flexibility index (Phi) is 3.06. The summed E-state index contributed by atoms with van der Waals surface area (Å²) in [6.07, 6.45) is 0. The average Bonchev–Trinajstić information content (AvgIpc) is 2.30. The Balaban J connectivity index is 2.47. The standard InChI is InChI=1S/C13H9BrF2/c14-12-8-4-7-11(9-12)13(15,16)10-5-2-1-3-6-10/h1-9H. The second kappa shape index (κ2) is 4.34. The van der Waals surface area contributed by atoms with E-state index in [1.807, 2.05) is 0 Å². The molecule has 0 unspecified atom stereocenters. The molecule has 0 saturated heterocycles. The molecule has 0 aliphatic carbocycles. The number of hydrogen-bond acceptors (Lipinski definition) is 0. The molecule has 0 aliphatic heterocycles. The van der Waals surface area contributed by atoms with Crippen LogP contribution in [0.3, 0.4) is 0 Å². The molecule has 16 heavy (non-hydrogen) atoms. The smallest absolute Gasteiger partial charge is 0.196 e. The predicted octanol–water partition coefficient (Wildman–Crippen LogP) is 4.59. The van der Waals surface area contributed by atoms with Gasteiger partial charge in [0.1, 0.15) is 0 Å². The van der Waals surface area contributed by atoms with E-state index in [0.717, 1.165) is 0 Å². The molecule has 2 rings (SSSR count). The quantitative estimate of drug-likeness (QED) is 0.756. The van der Waals surface area contributed by atoms with E-state index in [1.54, 1.807) is 30.3 Å². The summed E-state index contributed by atoms with van der Waals surface area (Å²) in [5, 5.41) is 0. The molecule has 0 heterocycles. The van der Waals surface area contributed by atoms with Crippen LogP contribution in [-0.4, -0.2) is 0 Å². The maximum absolute atomic E-state index is 14.0. The Morgan fingerprint density at radius 2 is 1.44 bits per heavy atom. The zero-order valence-electron chi connectivity index (χ0n) is 8.33. The highest BCUT2D eigenvalue weighted by atomic mass is 79.9. The van der Waals surface area contributed by atoms with Crippen molar-refractivity contribution in [2.75, 3.05) is 0 Å². The van der Waals surface area contributed by atoms with Crippen molar-refractivity contribution in [3.8, 4) is 0 Å². The molecule has 0 nitrogen and oxygen atoms in total. The average molecular weight is 283 g/mol. The molecule has 2 aromatic rings. The van der Waals surface area contributed by atoms with Crippen LogP contribution in [0.25, 0.3) is 0 Å². The minimum absolute atomic E-state index is 0.00641. The van der Waals surface area contributed by atoms with E-state index < -0.39 is 5.92 Å². The Morgan fingerprint density at radius 1 is 0.812 bits per heavy atom. The van der Waals surface area contributed by atoms with Crippen molar-refractivity contribution in [3.05, 3.63) is 70.2 Å². The number of alkyl halides is 2. The molecular weight excluding hydrogens is 274 g/mol. The largest absolute Gasteiger partial charge is 0.298 e. The van der Waals surface area contributed by atoms with Gasteiger partial charge in [0.05, 0.1) is 0 Å². The third kappa shape index (κ3) is 2.14. The monoisotopic (exact) mass is 282 g/mol. The summed E-state index contributed by atoms with van der Waals surface area (Å²) in [4.78, 5) is 0. The molecule has 0 fully saturated rings. The van der Waals surface area contributed by atoms with Crippen LogP contribution in [0.2, 0.25) is 0 Å². The van der Waals surface area contributed by atoms with Crippen molar-refractivity contribution in [1.82, 2.24) is 0 Å². The molecular formula is C13H9BrF2. The summed E-state index contributed by atoms with van der Waals surface area (Å²) in [6.45, 7) is 0. The molecule has 82 valence electrons. The molecule has 0 saturated carbocycles. The lowest BCUT2D eigenvalue weighted by atomic mass is 10.0. The van der Waals surface area contributed by atoms with E-state index in [9.17, 15) is 8.78 Å². The molecule has 0 atom stereocenters. The highest BCUT2D eigenvalue weighted by Gasteiger charge is 2.33. The molecule has 0 bridgehead atoms. The van der Waals surface area contributed by atoms with Crippen molar-refractivity contribution in [1.29, 1.82) is 0 Å². The van der Waals surface area contributed by atoms with Gasteiger partial charge in [-0.15, -0.1) is 0 Å². The molecule has 0 aromatic heterocycles. The summed E-state index contributed by atoms with van der Waals surface area (Å²) in [5.74, 6) is -2.95. The lowest BCUT2D eigenvalue weighted by Gasteiger charge is -2.17. The fourth-order valence-electron chi connectivity index (χ4n) is 1.50. The zero-order chi connectivity index (χ0) is 11.6. The van der Waals surface area contributed by atoms with Crippen LogP contribution in [0.4, 0.5) is 8.78 Å². The van der Waals surface area contributed by atoms with Crippen molar-refractivity contribution in [3.63, 3.8) is 0 Å². The van der Waals surface area contributed by atoms with Gasteiger partial charge in [-0.05, 0) is 12.1 Å². The van der Waals surface area contributed by atoms with E-state index in [0.29, 0.717) is 4.47 Å². The third-order valence-corrected chi connectivity index (χ3v) is 2.82. The van der Waals surface area contributed by atoms with E-state index >= 15 is 0 Å². The Bertz CT molecular complexity index is 480. The van der Waals surface area contributed by atoms with Gasteiger partial charge in [0, 0.05) is 15.6 Å². The van der Waals surface area contributed by atoms with Crippen molar-refractivity contribution in [2.24, 2.45) is 0 Å². The number of benzene rings is 2. The summed E-state index contributed by atoms with van der Waals surface area (Å²) >= 11 is 3.19. The molecule has 0 spiro atoms. The SMILES string of the molecule is FC(F)(c1ccccc1)c1cccc(Br)c1. The van der Waals surface area contributed by atoms with Crippen molar-refractivity contribution >= 4 is 15.9 Å². The summed E-state index contributed by atoms with van der Waals surface area (Å²) in [6, 6.07) is 14.0. The van der Waals surface area contributed by atoms with Crippen molar-refractivity contribution < 1.29 is 8.78 Å². The second-order valence-electron chi connectivity index (χ2n) is 3.45. The maximum Gasteiger partial charge on any atom is 0.298 e. The fraction of sp³-hybridized carbons (Fsp3) is 0.0769. The molecule has 0 aliphatic rings. The minimum atomic E-state index is -2.95. The van der Waals surface area contributed by atoms with Gasteiger partial charge in [-0.3, -0.25) is 0 Å². The van der Waals surface area contributed by atoms with Gasteiger partial charge in [0.15, 0.2) is 0 Å². The summed E-state index contributed by atoms with van der Waals surface area (Å²) < 4.78 is 28.7. The van der Waals surface area contributed by atoms with Gasteiger partial charge in [-0.1, -0.05) is 58.4 Å². The topological polar surface area (TPSA) is 0 Å². The minimum Gasteiger partial charge on any atom is -0.196 e. The van der Waals surface area contributed by atoms with Gasteiger partial charge in [-0.25, -0.2) is 0 Å². The van der Waals surface area contributed by atoms with E-state index in [1.165, 1.54) is 24.3 Å². The first kappa shape index (κ1) is 11.3. The van der Waals surface area contributed by atoms with Crippen LogP contribution in [0.15, 0.2) is 59.1 Å². The molecule has 0 amide bonds. The number of rotatable bonds is 2. The molecule has 2 aromatic carbocycles. The third-order valence-electron chi connectivity index (χ3n) is 2.32. The van der Waals surface area contributed by atoms with Crippen molar-refractivity contribution in [2.45, 2.75) is 5.92 Å². The Morgan fingerprint density at radius 3 is 2.06 bits per heavy atom. The molecule has 3 heteroatoms. The first-order valence-corrected chi connectivity index (χ1v) is 5.59. The van der Waals surface area contributed by atoms with Crippen LogP contribution < -0.4 is 0 Å². The first-order valence-electron chi connectivity index (χ1n) is 4.80. The van der Waals surface area contributed by atoms with Gasteiger partial charge in [0.25, 0.3) is 5.92 Å². The number of halogens is 3. The lowest BCUT2D eigenvalue weighted by Crippen LogP contribution is -2.14. The predicted molar refractivity (Wildman–Crippen MR) is 63.6 cm³/mol. The van der Waals surface area contributed by atoms with Gasteiger partial charge < -0.3 is 0 Å². The number of hydrogen-bond donors (Lipinski definition) is 0. The van der Waals surface area contributed by atoms with Crippen LogP contribution in [0, 0.1) is 0 Å². The second-order valence-corrected chi connectivity index (χ2v) is 4.37. The maximum atomic E-state index is 14.0. The Labute approximate surface area is 101 Å². The highest BCUT2D eigenvalue weighted by molar-refractivity contribution is 9.10. The Hall–Kier alpha value is -1.22. The van der Waals surface area contributed by atoms with Gasteiger partial charge >= 0.3 is 0 Å². The summed E-state index contributed by atoms with van der Waals surface area (Å²) in [5.41, 5.74) is 0.00109. The highest BCUT2D eigenvalue weighted by Crippen LogP contribution is 2.36. The van der Waals surface area contributed by atoms with Crippen LogP contribution in [0.5, 0.6) is 0 Å². The lowest BCUT2D eigenvalue weighted by molar-refractivity contribution is 0.0428. The van der Waals surface area contributed by atoms with E-state index in [4.69, 9.17) is 0 Å². The van der Waals surface area contributed by atoms with Crippen LogP contribution in [-0.2, 0) is 5.92 Å². The van der Waals surface area contributed by atoms with Gasteiger partial charge in [0.2, 0.25) is 0 Å². The fourth-order valence-corrected chi connectivity index (χ4v) is 1.90. The molecule has 0 N–H and O–H groups in total. The van der Waals surface area contributed by atoms with E-state index in [2.05, 4.69) is 15.9 Å². The molecule has 0 radical (unpaired) electrons. The van der Waals surface area contributed by atoms with Crippen LogP contribution in [0.1, 0.15) is 11.1 Å². The normalized spacial score (nSPS) is 11.4. The zero-order valence-corrected chi connectivity index (χ0v) is 9.92. The van der Waals surface area contributed by atoms with Crippen LogP contribution >= 0.6 is 15.9 Å². The van der Waals surface area contributed by atoms with Gasteiger partial charge in [-0.2, -0.15) is 8.78 Å². The van der Waals surface area contributed by atoms with E-state index in [-0.39, 0.29) is 11.1 Å².